The first-order chi connectivity index (χ1) is 35.8. The Hall–Kier alpha value is -5.26. The van der Waals surface area contributed by atoms with Gasteiger partial charge in [-0.3, -0.25) is 37.8 Å². The zero-order valence-corrected chi connectivity index (χ0v) is 48.2. The van der Waals surface area contributed by atoms with Crippen molar-refractivity contribution in [1.82, 2.24) is 38.4 Å². The number of likely N-dealkylation sites (tertiary alicyclic amines) is 2. The summed E-state index contributed by atoms with van der Waals surface area (Å²) in [7, 11) is -9.02. The predicted molar refractivity (Wildman–Crippen MR) is 263 cm³/mol. The average Bonchev–Trinajstić information content (AvgIpc) is 3.80. The Kier molecular flexibility index (Phi) is 18.4. The van der Waals surface area contributed by atoms with E-state index >= 15 is 0 Å². The number of amides is 2. The molecular formula is C50H46F6N8Na2O10P2. The minimum Gasteiger partial charge on any atom is -0.767 e. The standard InChI is InChI=1S/2C25H24F3N4O5P.2Na/c2*1-38(35,36)37-32-21-6-2-5-19(25(26,27)28)23(21)31(24(32)34)18-9-12-30(13-10-18)22(33)15-16-7-8-20-17(14-16)4-3-11-29-20;;/h2*2-8,11,14,18H,9-10,12-13,15H2,1H3,(H,35,36);;/q;;2*+1/p-2. The number of para-hydroxylation sites is 2. The van der Waals surface area contributed by atoms with Crippen LogP contribution in [-0.4, -0.2) is 89.7 Å². The average molecular weight is 1140 g/mol. The molecule has 2 fully saturated rings. The number of carbonyl (C=O) groups is 2. The molecule has 400 valence electrons. The minimum absolute atomic E-state index is 0. The van der Waals surface area contributed by atoms with Crippen molar-refractivity contribution in [3.63, 3.8) is 0 Å². The Labute approximate surface area is 484 Å². The molecule has 0 bridgehead atoms. The Balaban J connectivity index is 0.000000220. The van der Waals surface area contributed by atoms with Crippen LogP contribution in [0, 0.1) is 0 Å². The van der Waals surface area contributed by atoms with Crippen molar-refractivity contribution in [1.29, 1.82) is 0 Å². The quantitative estimate of drug-likeness (QED) is 0.106. The summed E-state index contributed by atoms with van der Waals surface area (Å²) in [5.41, 5.74) is -2.45. The molecule has 4 aromatic carbocycles. The van der Waals surface area contributed by atoms with Crippen LogP contribution in [0.15, 0.2) is 119 Å². The fourth-order valence-corrected chi connectivity index (χ4v) is 10.8. The molecule has 0 radical (unpaired) electrons. The molecule has 2 saturated heterocycles. The Morgan fingerprint density at radius 2 is 0.936 bits per heavy atom. The molecule has 28 heteroatoms. The van der Waals surface area contributed by atoms with Gasteiger partial charge >= 0.3 is 82.8 Å². The van der Waals surface area contributed by atoms with E-state index in [0.717, 1.165) is 79.7 Å². The first-order valence-electron chi connectivity index (χ1n) is 23.7. The molecule has 0 spiro atoms. The first-order valence-corrected chi connectivity index (χ1v) is 27.7. The number of hydrogen-bond acceptors (Lipinski definition) is 12. The number of fused-ring (bicyclic) bond motifs is 4. The van der Waals surface area contributed by atoms with Gasteiger partial charge in [0, 0.05) is 74.8 Å². The second-order valence-corrected chi connectivity index (χ2v) is 22.0. The molecular weight excluding hydrogens is 1090 g/mol. The van der Waals surface area contributed by atoms with E-state index in [1.54, 1.807) is 22.2 Å². The summed E-state index contributed by atoms with van der Waals surface area (Å²) in [6.07, 6.45) is -5.08. The van der Waals surface area contributed by atoms with Crippen molar-refractivity contribution in [3.8, 4) is 0 Å². The molecule has 8 aromatic rings. The van der Waals surface area contributed by atoms with Gasteiger partial charge in [-0.25, -0.2) is 9.59 Å². The molecule has 10 rings (SSSR count). The van der Waals surface area contributed by atoms with Gasteiger partial charge in [-0.2, -0.15) is 26.3 Å². The molecule has 2 amide bonds. The van der Waals surface area contributed by atoms with Crippen molar-refractivity contribution in [2.45, 2.75) is 63.0 Å². The van der Waals surface area contributed by atoms with Gasteiger partial charge in [0.25, 0.3) is 0 Å². The van der Waals surface area contributed by atoms with Gasteiger partial charge in [0.15, 0.2) is 0 Å². The zero-order chi connectivity index (χ0) is 54.5. The van der Waals surface area contributed by atoms with Crippen LogP contribution in [0.2, 0.25) is 0 Å². The fraction of sp³-hybridized carbons (Fsp3) is 0.320. The van der Waals surface area contributed by atoms with Crippen LogP contribution >= 0.6 is 15.2 Å². The Morgan fingerprint density at radius 1 is 0.577 bits per heavy atom. The third-order valence-electron chi connectivity index (χ3n) is 13.2. The molecule has 78 heavy (non-hydrogen) atoms. The van der Waals surface area contributed by atoms with Crippen LogP contribution < -0.4 is 89.5 Å². The van der Waals surface area contributed by atoms with E-state index in [0.29, 0.717) is 9.46 Å². The van der Waals surface area contributed by atoms with Crippen molar-refractivity contribution in [2.75, 3.05) is 39.5 Å². The number of benzene rings is 4. The molecule has 2 atom stereocenters. The monoisotopic (exact) mass is 1140 g/mol. The van der Waals surface area contributed by atoms with Gasteiger partial charge in [0.05, 0.1) is 46.0 Å². The molecule has 18 nitrogen and oxygen atoms in total. The summed E-state index contributed by atoms with van der Waals surface area (Å²) in [6.45, 7) is 2.35. The van der Waals surface area contributed by atoms with Crippen LogP contribution in [0.5, 0.6) is 0 Å². The second kappa shape index (κ2) is 23.8. The summed E-state index contributed by atoms with van der Waals surface area (Å²) in [5.74, 6) is -0.280. The number of alkyl halides is 6. The number of carbonyl (C=O) groups excluding carboxylic acids is 2. The third-order valence-corrected chi connectivity index (χ3v) is 14.1. The molecule has 0 saturated carbocycles. The number of nitrogens with zero attached hydrogens (tertiary/aromatic N) is 8. The van der Waals surface area contributed by atoms with Crippen LogP contribution in [0.25, 0.3) is 43.9 Å². The number of halogens is 6. The number of imidazole rings is 2. The van der Waals surface area contributed by atoms with Crippen LogP contribution in [-0.2, 0) is 43.9 Å². The van der Waals surface area contributed by atoms with E-state index in [1.807, 2.05) is 60.7 Å². The fourth-order valence-electron chi connectivity index (χ4n) is 9.87. The summed E-state index contributed by atoms with van der Waals surface area (Å²) < 4.78 is 119. The first kappa shape index (κ1) is 60.4. The molecule has 0 aliphatic carbocycles. The number of aromatic nitrogens is 6. The van der Waals surface area contributed by atoms with E-state index in [-0.39, 0.29) is 147 Å². The van der Waals surface area contributed by atoms with Gasteiger partial charge in [0.1, 0.15) is 11.0 Å². The minimum atomic E-state index is -4.79. The van der Waals surface area contributed by atoms with Crippen LogP contribution in [0.3, 0.4) is 0 Å². The van der Waals surface area contributed by atoms with Crippen molar-refractivity contribution in [3.05, 3.63) is 153 Å². The Morgan fingerprint density at radius 3 is 1.27 bits per heavy atom. The van der Waals surface area contributed by atoms with E-state index in [4.69, 9.17) is 9.25 Å². The summed E-state index contributed by atoms with van der Waals surface area (Å²) in [6, 6.07) is 23.4. The number of hydrogen-bond donors (Lipinski definition) is 0. The smallest absolute Gasteiger partial charge is 0.767 e. The van der Waals surface area contributed by atoms with Gasteiger partial charge in [0.2, 0.25) is 27.0 Å². The molecule has 0 N–H and O–H groups in total. The van der Waals surface area contributed by atoms with Crippen LogP contribution in [0.4, 0.5) is 26.3 Å². The summed E-state index contributed by atoms with van der Waals surface area (Å²) in [4.78, 5) is 87.6. The van der Waals surface area contributed by atoms with E-state index in [2.05, 4.69) is 9.97 Å². The van der Waals surface area contributed by atoms with Gasteiger partial charge in [-0.05, 0) is 97.5 Å². The SMILES string of the molecule is CP(=O)([O-])On1c(=O)n(C2CCN(C(=O)Cc3ccc4ncccc4c3)CC2)c2c(C(F)(F)F)cccc21.CP(=O)([O-])On1c(=O)n(C2CCN(C(=O)Cc3ccc4ncccc4c3)CC2)c2c(C(F)(F)F)cccc21.[Na+].[Na+]. The molecule has 2 unspecified atom stereocenters. The summed E-state index contributed by atoms with van der Waals surface area (Å²) in [5, 5.41) is 1.81. The number of rotatable bonds is 10. The molecule has 2 aliphatic rings. The predicted octanol–water partition coefficient (Wildman–Crippen LogP) is 0.784. The molecule has 4 aromatic heterocycles. The zero-order valence-electron chi connectivity index (χ0n) is 42.4. The molecule has 6 heterocycles. The maximum atomic E-state index is 13.9. The normalized spacial score (nSPS) is 16.2. The topological polar surface area (TPSA) is 219 Å². The van der Waals surface area contributed by atoms with E-state index in [1.165, 1.54) is 12.1 Å². The van der Waals surface area contributed by atoms with Crippen LogP contribution in [0.1, 0.15) is 60.0 Å². The molecule has 2 aliphatic heterocycles. The Bertz CT molecular complexity index is 3520. The van der Waals surface area contributed by atoms with E-state index < -0.39 is 73.2 Å². The second-order valence-electron chi connectivity index (χ2n) is 18.6. The van der Waals surface area contributed by atoms with Crippen molar-refractivity contribution < 1.29 is 123 Å². The summed E-state index contributed by atoms with van der Waals surface area (Å²) >= 11 is 0. The van der Waals surface area contributed by atoms with E-state index in [9.17, 15) is 64.4 Å². The third kappa shape index (κ3) is 13.3. The van der Waals surface area contributed by atoms with Crippen molar-refractivity contribution in [2.24, 2.45) is 0 Å². The largest absolute Gasteiger partial charge is 1.00 e. The number of pyridine rings is 2. The number of piperidine rings is 2. The maximum Gasteiger partial charge on any atom is 1.00 e. The van der Waals surface area contributed by atoms with Crippen molar-refractivity contribution >= 4 is 70.9 Å². The van der Waals surface area contributed by atoms with Gasteiger partial charge in [-0.1, -0.05) is 36.4 Å². The van der Waals surface area contributed by atoms with Gasteiger partial charge < -0.3 is 28.8 Å². The van der Waals surface area contributed by atoms with Gasteiger partial charge in [-0.15, -0.1) is 9.46 Å². The maximum absolute atomic E-state index is 13.9.